The first-order valence-corrected chi connectivity index (χ1v) is 9.52. The molecule has 0 unspecified atom stereocenters. The largest absolute Gasteiger partial charge is 0.462 e. The fraction of sp³-hybridized carbons (Fsp3) is 0.286. The molecule has 1 aromatic carbocycles. The molecule has 0 bridgehead atoms. The van der Waals surface area contributed by atoms with Crippen molar-refractivity contribution in [2.24, 2.45) is 0 Å². The Morgan fingerprint density at radius 1 is 1.10 bits per heavy atom. The Morgan fingerprint density at radius 2 is 1.86 bits per heavy atom. The van der Waals surface area contributed by atoms with Gasteiger partial charge in [-0.15, -0.1) is 5.10 Å². The highest BCUT2D eigenvalue weighted by atomic mass is 16.5. The van der Waals surface area contributed by atoms with Crippen LogP contribution in [-0.4, -0.2) is 36.7 Å². The maximum Gasteiger partial charge on any atom is 0.338 e. The van der Waals surface area contributed by atoms with E-state index in [1.807, 2.05) is 13.0 Å². The molecule has 0 aliphatic rings. The normalized spacial score (nSPS) is 11.3. The second-order valence-corrected chi connectivity index (χ2v) is 6.86. The van der Waals surface area contributed by atoms with E-state index in [-0.39, 0.29) is 11.5 Å². The lowest BCUT2D eigenvalue weighted by atomic mass is 10.2. The van der Waals surface area contributed by atoms with Gasteiger partial charge in [0.05, 0.1) is 28.8 Å². The summed E-state index contributed by atoms with van der Waals surface area (Å²) in [7, 11) is 0. The van der Waals surface area contributed by atoms with E-state index in [0.717, 1.165) is 12.8 Å². The van der Waals surface area contributed by atoms with Gasteiger partial charge in [-0.3, -0.25) is 9.36 Å². The molecule has 0 radical (unpaired) electrons. The number of rotatable bonds is 5. The number of aromatic nitrogens is 5. The summed E-state index contributed by atoms with van der Waals surface area (Å²) >= 11 is 0. The molecule has 0 atom stereocenters. The van der Waals surface area contributed by atoms with Gasteiger partial charge < -0.3 is 4.74 Å². The minimum absolute atomic E-state index is 0.208. The van der Waals surface area contributed by atoms with Gasteiger partial charge in [0.2, 0.25) is 0 Å². The van der Waals surface area contributed by atoms with E-state index < -0.39 is 0 Å². The van der Waals surface area contributed by atoms with Crippen LogP contribution in [0.15, 0.2) is 41.3 Å². The van der Waals surface area contributed by atoms with Gasteiger partial charge in [-0.2, -0.15) is 9.50 Å². The molecule has 148 valence electrons. The second kappa shape index (κ2) is 7.46. The molecule has 0 amide bonds. The van der Waals surface area contributed by atoms with Crippen molar-refractivity contribution in [3.63, 3.8) is 0 Å². The van der Waals surface area contributed by atoms with Crippen molar-refractivity contribution in [1.82, 2.24) is 24.1 Å². The average molecular weight is 391 g/mol. The van der Waals surface area contributed by atoms with Crippen LogP contribution < -0.4 is 5.56 Å². The number of fused-ring (bicyclic) bond motifs is 3. The van der Waals surface area contributed by atoms with Crippen LogP contribution in [0.2, 0.25) is 0 Å². The molecule has 0 saturated carbocycles. The number of aryl methyl sites for hydroxylation is 2. The van der Waals surface area contributed by atoms with Crippen LogP contribution in [0.4, 0.5) is 0 Å². The number of nitrogens with zero attached hydrogens (tertiary/aromatic N) is 5. The molecular formula is C21H21N5O3. The van der Waals surface area contributed by atoms with Crippen molar-refractivity contribution in [1.29, 1.82) is 0 Å². The highest BCUT2D eigenvalue weighted by Gasteiger charge is 2.14. The maximum atomic E-state index is 13.2. The Bertz CT molecular complexity index is 1270. The van der Waals surface area contributed by atoms with Crippen molar-refractivity contribution < 1.29 is 9.53 Å². The SMILES string of the molecule is CCCCOC(=O)c1ccc(-n2ccc3c(c(C)nc4nc(C)nn43)c2=O)cc1. The van der Waals surface area contributed by atoms with Crippen LogP contribution >= 0.6 is 0 Å². The van der Waals surface area contributed by atoms with Crippen LogP contribution in [0.1, 0.15) is 41.6 Å². The van der Waals surface area contributed by atoms with Gasteiger partial charge in [0.25, 0.3) is 11.3 Å². The maximum absolute atomic E-state index is 13.2. The topological polar surface area (TPSA) is 91.4 Å². The van der Waals surface area contributed by atoms with Crippen LogP contribution in [0.5, 0.6) is 0 Å². The quantitative estimate of drug-likeness (QED) is 0.384. The van der Waals surface area contributed by atoms with E-state index in [0.29, 0.717) is 46.1 Å². The lowest BCUT2D eigenvalue weighted by Crippen LogP contribution is -2.20. The smallest absolute Gasteiger partial charge is 0.338 e. The summed E-state index contributed by atoms with van der Waals surface area (Å²) in [5, 5.41) is 4.81. The number of carbonyl (C=O) groups excluding carboxylic acids is 1. The van der Waals surface area contributed by atoms with Crippen LogP contribution in [-0.2, 0) is 4.74 Å². The molecule has 8 nitrogen and oxygen atoms in total. The molecule has 4 aromatic rings. The fourth-order valence-corrected chi connectivity index (χ4v) is 3.24. The second-order valence-electron chi connectivity index (χ2n) is 6.86. The van der Waals surface area contributed by atoms with E-state index in [4.69, 9.17) is 4.74 Å². The van der Waals surface area contributed by atoms with E-state index >= 15 is 0 Å². The Morgan fingerprint density at radius 3 is 2.59 bits per heavy atom. The van der Waals surface area contributed by atoms with Crippen molar-refractivity contribution in [2.45, 2.75) is 33.6 Å². The number of esters is 1. The minimum atomic E-state index is -0.361. The zero-order valence-electron chi connectivity index (χ0n) is 16.5. The van der Waals surface area contributed by atoms with Crippen molar-refractivity contribution in [3.05, 3.63) is 64.0 Å². The molecule has 3 aromatic heterocycles. The molecule has 0 spiro atoms. The first kappa shape index (κ1) is 18.8. The summed E-state index contributed by atoms with van der Waals surface area (Å²) in [5.41, 5.74) is 2.15. The van der Waals surface area contributed by atoms with Gasteiger partial charge in [-0.05, 0) is 50.6 Å². The standard InChI is InChI=1S/C21H21N5O3/c1-4-5-12-29-20(28)15-6-8-16(9-7-15)25-11-10-17-18(19(25)27)13(2)22-21-23-14(3)24-26(17)21/h6-11H,4-5,12H2,1-3H3. The van der Waals surface area contributed by atoms with Gasteiger partial charge in [0.1, 0.15) is 5.82 Å². The summed E-state index contributed by atoms with van der Waals surface area (Å²) in [4.78, 5) is 33.9. The lowest BCUT2D eigenvalue weighted by molar-refractivity contribution is 0.0500. The predicted molar refractivity (Wildman–Crippen MR) is 109 cm³/mol. The Kier molecular flexibility index (Phi) is 4.84. The van der Waals surface area contributed by atoms with Gasteiger partial charge in [-0.25, -0.2) is 9.78 Å². The average Bonchev–Trinajstić information content (AvgIpc) is 3.08. The van der Waals surface area contributed by atoms with Gasteiger partial charge in [0.15, 0.2) is 0 Å². The molecule has 4 rings (SSSR count). The van der Waals surface area contributed by atoms with Crippen LogP contribution in [0.25, 0.3) is 22.4 Å². The van der Waals surface area contributed by atoms with Crippen molar-refractivity contribution in [2.75, 3.05) is 6.61 Å². The van der Waals surface area contributed by atoms with Crippen LogP contribution in [0.3, 0.4) is 0 Å². The number of unbranched alkanes of at least 4 members (excludes halogenated alkanes) is 1. The summed E-state index contributed by atoms with van der Waals surface area (Å²) in [6.45, 7) is 6.01. The third-order valence-electron chi connectivity index (χ3n) is 4.74. The molecule has 29 heavy (non-hydrogen) atoms. The molecule has 8 heteroatoms. The zero-order chi connectivity index (χ0) is 20.5. The predicted octanol–water partition coefficient (Wildman–Crippen LogP) is 3.00. The Hall–Kier alpha value is -3.55. The Balaban J connectivity index is 1.74. The zero-order valence-corrected chi connectivity index (χ0v) is 16.5. The lowest BCUT2D eigenvalue weighted by Gasteiger charge is -2.10. The number of carbonyl (C=O) groups is 1. The first-order chi connectivity index (χ1) is 14.0. The van der Waals surface area contributed by atoms with Crippen molar-refractivity contribution >= 4 is 22.6 Å². The molecule has 0 saturated heterocycles. The number of pyridine rings is 1. The summed E-state index contributed by atoms with van der Waals surface area (Å²) in [6, 6.07) is 8.60. The number of hydrogen-bond donors (Lipinski definition) is 0. The van der Waals surface area contributed by atoms with E-state index in [1.165, 1.54) is 4.57 Å². The highest BCUT2D eigenvalue weighted by Crippen LogP contribution is 2.17. The van der Waals surface area contributed by atoms with Crippen molar-refractivity contribution in [3.8, 4) is 5.69 Å². The third-order valence-corrected chi connectivity index (χ3v) is 4.74. The van der Waals surface area contributed by atoms with Gasteiger partial charge >= 0.3 is 5.97 Å². The van der Waals surface area contributed by atoms with Gasteiger partial charge in [-0.1, -0.05) is 13.3 Å². The molecule has 0 N–H and O–H groups in total. The molecule has 3 heterocycles. The minimum Gasteiger partial charge on any atom is -0.462 e. The first-order valence-electron chi connectivity index (χ1n) is 9.52. The highest BCUT2D eigenvalue weighted by molar-refractivity contribution is 5.89. The van der Waals surface area contributed by atoms with Crippen LogP contribution in [0, 0.1) is 13.8 Å². The summed E-state index contributed by atoms with van der Waals surface area (Å²) < 4.78 is 8.33. The van der Waals surface area contributed by atoms with E-state index in [9.17, 15) is 9.59 Å². The Labute approximate surface area is 166 Å². The third kappa shape index (κ3) is 3.37. The number of benzene rings is 1. The fourth-order valence-electron chi connectivity index (χ4n) is 3.24. The van der Waals surface area contributed by atoms with E-state index in [1.54, 1.807) is 48.8 Å². The molecular weight excluding hydrogens is 370 g/mol. The molecule has 0 aliphatic carbocycles. The molecule has 0 fully saturated rings. The molecule has 0 aliphatic heterocycles. The van der Waals surface area contributed by atoms with Gasteiger partial charge in [0, 0.05) is 11.9 Å². The number of ether oxygens (including phenoxy) is 1. The monoisotopic (exact) mass is 391 g/mol. The summed E-state index contributed by atoms with van der Waals surface area (Å²) in [5.74, 6) is 0.699. The number of hydrogen-bond acceptors (Lipinski definition) is 6. The summed E-state index contributed by atoms with van der Waals surface area (Å²) in [6.07, 6.45) is 3.49. The van der Waals surface area contributed by atoms with E-state index in [2.05, 4.69) is 15.1 Å².